The van der Waals surface area contributed by atoms with Crippen LogP contribution in [-0.2, 0) is 0 Å². The van der Waals surface area contributed by atoms with Crippen LogP contribution in [0.2, 0.25) is 9.36 Å². The zero-order valence-corrected chi connectivity index (χ0v) is 13.4. The quantitative estimate of drug-likeness (QED) is 0.691. The lowest BCUT2D eigenvalue weighted by Crippen LogP contribution is -2.26. The fraction of sp³-hybridized carbons (Fsp3) is 0.133. The summed E-state index contributed by atoms with van der Waals surface area (Å²) in [5, 5.41) is 4.51. The first-order valence-electron chi connectivity index (χ1n) is 6.37. The highest BCUT2D eigenvalue weighted by molar-refractivity contribution is 7.16. The molecule has 0 saturated carbocycles. The molecule has 6 heteroatoms. The second-order valence-corrected chi connectivity index (χ2v) is 6.93. The third-order valence-electron chi connectivity index (χ3n) is 3.20. The van der Waals surface area contributed by atoms with Gasteiger partial charge >= 0.3 is 0 Å². The highest BCUT2D eigenvalue weighted by atomic mass is 35.5. The van der Waals surface area contributed by atoms with Crippen molar-refractivity contribution in [3.63, 3.8) is 0 Å². The van der Waals surface area contributed by atoms with Gasteiger partial charge in [-0.3, -0.25) is 4.79 Å². The van der Waals surface area contributed by atoms with Gasteiger partial charge in [-0.2, -0.15) is 0 Å². The topological polar surface area (TPSA) is 44.9 Å². The molecule has 1 unspecified atom stereocenters. The number of amides is 1. The lowest BCUT2D eigenvalue weighted by atomic mass is 10.2. The standard InChI is InChI=1S/C15H12Cl2N2OS/c1-8(13-4-5-14(17)21-13)18-15(20)12-7-9-6-10(16)2-3-11(9)19-12/h2-8,19H,1H3,(H,18,20). The highest BCUT2D eigenvalue weighted by Crippen LogP contribution is 2.27. The summed E-state index contributed by atoms with van der Waals surface area (Å²) in [6.45, 7) is 1.93. The van der Waals surface area contributed by atoms with Crippen molar-refractivity contribution in [3.05, 3.63) is 56.3 Å². The van der Waals surface area contributed by atoms with Crippen LogP contribution in [0.1, 0.15) is 28.3 Å². The van der Waals surface area contributed by atoms with Crippen molar-refractivity contribution in [2.45, 2.75) is 13.0 Å². The number of thiophene rings is 1. The monoisotopic (exact) mass is 338 g/mol. The lowest BCUT2D eigenvalue weighted by molar-refractivity contribution is 0.0936. The van der Waals surface area contributed by atoms with Gasteiger partial charge in [-0.15, -0.1) is 11.3 Å². The van der Waals surface area contributed by atoms with Gasteiger partial charge in [0.25, 0.3) is 5.91 Å². The smallest absolute Gasteiger partial charge is 0.268 e. The molecule has 0 saturated heterocycles. The van der Waals surface area contributed by atoms with Gasteiger partial charge in [0.2, 0.25) is 0 Å². The SMILES string of the molecule is CC(NC(=O)c1cc2cc(Cl)ccc2[nH]1)c1ccc(Cl)s1. The van der Waals surface area contributed by atoms with Crippen molar-refractivity contribution in [2.75, 3.05) is 0 Å². The van der Waals surface area contributed by atoms with E-state index in [4.69, 9.17) is 23.2 Å². The minimum atomic E-state index is -0.153. The number of fused-ring (bicyclic) bond motifs is 1. The van der Waals surface area contributed by atoms with E-state index in [1.165, 1.54) is 11.3 Å². The van der Waals surface area contributed by atoms with Gasteiger partial charge in [0, 0.05) is 20.8 Å². The van der Waals surface area contributed by atoms with E-state index in [2.05, 4.69) is 10.3 Å². The maximum Gasteiger partial charge on any atom is 0.268 e. The van der Waals surface area contributed by atoms with E-state index in [1.807, 2.05) is 31.2 Å². The summed E-state index contributed by atoms with van der Waals surface area (Å²) in [5.74, 6) is -0.153. The minimum absolute atomic E-state index is 0.0926. The van der Waals surface area contributed by atoms with Crippen molar-refractivity contribution in [2.24, 2.45) is 0 Å². The first kappa shape index (κ1) is 14.4. The predicted octanol–water partition coefficient (Wildman–Crippen LogP) is 5.03. The van der Waals surface area contributed by atoms with Gasteiger partial charge in [-0.25, -0.2) is 0 Å². The fourth-order valence-corrected chi connectivity index (χ4v) is 3.38. The summed E-state index contributed by atoms with van der Waals surface area (Å²) in [4.78, 5) is 16.4. The number of aromatic amines is 1. The first-order valence-corrected chi connectivity index (χ1v) is 7.94. The number of carbonyl (C=O) groups excluding carboxylic acids is 1. The molecule has 21 heavy (non-hydrogen) atoms. The summed E-state index contributed by atoms with van der Waals surface area (Å²) in [6, 6.07) is 10.9. The summed E-state index contributed by atoms with van der Waals surface area (Å²) in [6.07, 6.45) is 0. The largest absolute Gasteiger partial charge is 0.351 e. The van der Waals surface area contributed by atoms with Crippen LogP contribution in [0.5, 0.6) is 0 Å². The molecule has 3 nitrogen and oxygen atoms in total. The molecule has 3 aromatic rings. The van der Waals surface area contributed by atoms with Crippen LogP contribution >= 0.6 is 34.5 Å². The molecule has 0 aliphatic heterocycles. The Bertz CT molecular complexity index is 809. The average Bonchev–Trinajstić information content (AvgIpc) is 3.04. The number of aromatic nitrogens is 1. The first-order chi connectivity index (χ1) is 10.0. The maximum absolute atomic E-state index is 12.3. The molecule has 1 aromatic carbocycles. The van der Waals surface area contributed by atoms with Crippen LogP contribution in [-0.4, -0.2) is 10.9 Å². The average molecular weight is 339 g/mol. The summed E-state index contributed by atoms with van der Waals surface area (Å²) in [7, 11) is 0. The van der Waals surface area contributed by atoms with Crippen LogP contribution in [0.4, 0.5) is 0 Å². The molecule has 108 valence electrons. The van der Waals surface area contributed by atoms with E-state index in [9.17, 15) is 4.79 Å². The molecule has 0 radical (unpaired) electrons. The van der Waals surface area contributed by atoms with E-state index in [0.29, 0.717) is 15.1 Å². The van der Waals surface area contributed by atoms with Gasteiger partial charge in [-0.05, 0) is 43.3 Å². The van der Waals surface area contributed by atoms with E-state index in [-0.39, 0.29) is 11.9 Å². The number of H-pyrrole nitrogens is 1. The maximum atomic E-state index is 12.3. The Morgan fingerprint density at radius 2 is 2.05 bits per heavy atom. The van der Waals surface area contributed by atoms with Crippen LogP contribution in [0.25, 0.3) is 10.9 Å². The van der Waals surface area contributed by atoms with Crippen LogP contribution in [0, 0.1) is 0 Å². The number of rotatable bonds is 3. The van der Waals surface area contributed by atoms with Crippen LogP contribution < -0.4 is 5.32 Å². The molecule has 0 aliphatic rings. The Morgan fingerprint density at radius 1 is 1.24 bits per heavy atom. The summed E-state index contributed by atoms with van der Waals surface area (Å²) >= 11 is 13.3. The van der Waals surface area contributed by atoms with Gasteiger partial charge in [-0.1, -0.05) is 23.2 Å². The van der Waals surface area contributed by atoms with E-state index in [0.717, 1.165) is 15.8 Å². The molecule has 1 atom stereocenters. The highest BCUT2D eigenvalue weighted by Gasteiger charge is 2.15. The Kier molecular flexibility index (Phi) is 3.93. The zero-order valence-electron chi connectivity index (χ0n) is 11.1. The molecule has 0 aliphatic carbocycles. The Labute approximate surface area is 135 Å². The number of hydrogen-bond acceptors (Lipinski definition) is 2. The molecule has 2 N–H and O–H groups in total. The minimum Gasteiger partial charge on any atom is -0.351 e. The third-order valence-corrected chi connectivity index (χ3v) is 4.84. The summed E-state index contributed by atoms with van der Waals surface area (Å²) in [5.41, 5.74) is 1.40. The molecule has 0 fully saturated rings. The number of benzene rings is 1. The van der Waals surface area contributed by atoms with Crippen LogP contribution in [0.3, 0.4) is 0 Å². The number of hydrogen-bond donors (Lipinski definition) is 2. The Morgan fingerprint density at radius 3 is 2.76 bits per heavy atom. The molecular formula is C15H12Cl2N2OS. The molecule has 2 heterocycles. The van der Waals surface area contributed by atoms with Gasteiger partial charge < -0.3 is 10.3 Å². The van der Waals surface area contributed by atoms with Crippen LogP contribution in [0.15, 0.2) is 36.4 Å². The van der Waals surface area contributed by atoms with E-state index in [1.54, 1.807) is 12.1 Å². The fourth-order valence-electron chi connectivity index (χ4n) is 2.13. The number of halogens is 2. The molecule has 0 bridgehead atoms. The zero-order chi connectivity index (χ0) is 15.0. The number of nitrogens with one attached hydrogen (secondary N) is 2. The molecule has 2 aromatic heterocycles. The molecule has 0 spiro atoms. The van der Waals surface area contributed by atoms with Gasteiger partial charge in [0.15, 0.2) is 0 Å². The molecular weight excluding hydrogens is 327 g/mol. The van der Waals surface area contributed by atoms with Crippen molar-refractivity contribution in [3.8, 4) is 0 Å². The van der Waals surface area contributed by atoms with Crippen molar-refractivity contribution in [1.82, 2.24) is 10.3 Å². The third kappa shape index (κ3) is 3.07. The predicted molar refractivity (Wildman–Crippen MR) is 88.5 cm³/mol. The van der Waals surface area contributed by atoms with E-state index < -0.39 is 0 Å². The Balaban J connectivity index is 1.80. The lowest BCUT2D eigenvalue weighted by Gasteiger charge is -2.11. The normalized spacial score (nSPS) is 12.5. The van der Waals surface area contributed by atoms with Crippen molar-refractivity contribution < 1.29 is 4.79 Å². The van der Waals surface area contributed by atoms with E-state index >= 15 is 0 Å². The molecule has 1 amide bonds. The Hall–Kier alpha value is -1.49. The number of carbonyl (C=O) groups is 1. The van der Waals surface area contributed by atoms with Gasteiger partial charge in [0.05, 0.1) is 10.4 Å². The molecule has 3 rings (SSSR count). The summed E-state index contributed by atoms with van der Waals surface area (Å²) < 4.78 is 0.714. The second kappa shape index (κ2) is 5.72. The van der Waals surface area contributed by atoms with Crippen molar-refractivity contribution in [1.29, 1.82) is 0 Å². The second-order valence-electron chi connectivity index (χ2n) is 4.75. The van der Waals surface area contributed by atoms with Gasteiger partial charge in [0.1, 0.15) is 5.69 Å². The van der Waals surface area contributed by atoms with Crippen molar-refractivity contribution >= 4 is 51.3 Å².